The fourth-order valence-corrected chi connectivity index (χ4v) is 3.64. The molecule has 1 aliphatic carbocycles. The molecule has 4 nitrogen and oxygen atoms in total. The maximum Gasteiger partial charge on any atom is 0.315 e. The molecule has 1 aliphatic rings. The number of aryl methyl sites for hydroxylation is 1. The van der Waals surface area contributed by atoms with Crippen molar-refractivity contribution in [1.82, 2.24) is 15.6 Å². The van der Waals surface area contributed by atoms with Crippen LogP contribution in [0.25, 0.3) is 10.9 Å². The first-order valence-corrected chi connectivity index (χ1v) is 8.85. The molecule has 0 aliphatic heterocycles. The first-order chi connectivity index (χ1) is 12.1. The minimum atomic E-state index is -0.134. The Morgan fingerprint density at radius 1 is 1.20 bits per heavy atom. The number of halogens is 1. The highest BCUT2D eigenvalue weighted by Crippen LogP contribution is 2.30. The Morgan fingerprint density at radius 3 is 2.80 bits per heavy atom. The number of benzene rings is 2. The van der Waals surface area contributed by atoms with Crippen LogP contribution in [-0.2, 0) is 19.4 Å². The number of aromatic nitrogens is 1. The van der Waals surface area contributed by atoms with Gasteiger partial charge >= 0.3 is 6.03 Å². The van der Waals surface area contributed by atoms with Crippen molar-refractivity contribution in [3.05, 3.63) is 69.9 Å². The van der Waals surface area contributed by atoms with Gasteiger partial charge in [-0.1, -0.05) is 35.4 Å². The van der Waals surface area contributed by atoms with E-state index < -0.39 is 0 Å². The van der Waals surface area contributed by atoms with E-state index in [1.807, 2.05) is 24.3 Å². The number of aromatic amines is 1. The lowest BCUT2D eigenvalue weighted by Gasteiger charge is -2.13. The van der Waals surface area contributed by atoms with Crippen LogP contribution in [0.5, 0.6) is 0 Å². The van der Waals surface area contributed by atoms with Crippen LogP contribution < -0.4 is 10.6 Å². The highest BCUT2D eigenvalue weighted by molar-refractivity contribution is 6.30. The van der Waals surface area contributed by atoms with E-state index >= 15 is 0 Å². The fourth-order valence-electron chi connectivity index (χ4n) is 3.51. The number of hydrogen-bond donors (Lipinski definition) is 3. The van der Waals surface area contributed by atoms with E-state index in [2.05, 4.69) is 40.7 Å². The van der Waals surface area contributed by atoms with E-state index in [1.54, 1.807) is 0 Å². The molecule has 0 spiro atoms. The van der Waals surface area contributed by atoms with Crippen molar-refractivity contribution in [2.24, 2.45) is 0 Å². The van der Waals surface area contributed by atoms with Crippen LogP contribution in [0.3, 0.4) is 0 Å². The molecule has 1 atom stereocenters. The summed E-state index contributed by atoms with van der Waals surface area (Å²) in [5.74, 6) is 0. The van der Waals surface area contributed by atoms with Gasteiger partial charge in [0.2, 0.25) is 0 Å². The van der Waals surface area contributed by atoms with Crippen molar-refractivity contribution in [2.75, 3.05) is 0 Å². The second kappa shape index (κ2) is 6.45. The van der Waals surface area contributed by atoms with Gasteiger partial charge in [-0.25, -0.2) is 4.79 Å². The molecule has 0 saturated heterocycles. The van der Waals surface area contributed by atoms with Crippen molar-refractivity contribution in [2.45, 2.75) is 32.4 Å². The van der Waals surface area contributed by atoms with Crippen molar-refractivity contribution >= 4 is 28.5 Å². The summed E-state index contributed by atoms with van der Waals surface area (Å²) in [7, 11) is 0. The maximum atomic E-state index is 12.2. The van der Waals surface area contributed by atoms with Crippen LogP contribution in [-0.4, -0.2) is 17.1 Å². The van der Waals surface area contributed by atoms with E-state index in [-0.39, 0.29) is 12.1 Å². The summed E-state index contributed by atoms with van der Waals surface area (Å²) in [5, 5.41) is 7.96. The Kier molecular flexibility index (Phi) is 4.14. The zero-order chi connectivity index (χ0) is 17.4. The molecular formula is C20H20ClN3O. The summed E-state index contributed by atoms with van der Waals surface area (Å²) >= 11 is 5.87. The monoisotopic (exact) mass is 353 g/mol. The van der Waals surface area contributed by atoms with Crippen molar-refractivity contribution in [3.8, 4) is 0 Å². The van der Waals surface area contributed by atoms with E-state index in [9.17, 15) is 4.79 Å². The van der Waals surface area contributed by atoms with Gasteiger partial charge in [0.05, 0.1) is 0 Å². The Balaban J connectivity index is 1.36. The lowest BCUT2D eigenvalue weighted by Crippen LogP contribution is -2.42. The summed E-state index contributed by atoms with van der Waals surface area (Å²) in [6.45, 7) is 2.59. The third kappa shape index (κ3) is 3.35. The maximum absolute atomic E-state index is 12.2. The molecule has 5 heteroatoms. The quantitative estimate of drug-likeness (QED) is 0.652. The zero-order valence-corrected chi connectivity index (χ0v) is 14.8. The highest BCUT2D eigenvalue weighted by atomic mass is 35.5. The molecule has 3 aromatic rings. The standard InChI is InChI=1S/C20H20ClN3O/c1-12-2-7-18-16(8-12)17-9-15(10-19(17)24-18)23-20(25)22-11-13-3-5-14(21)6-4-13/h2-8,15,24H,9-11H2,1H3,(H2,22,23,25). The normalized spacial score (nSPS) is 16.0. The van der Waals surface area contributed by atoms with Gasteiger partial charge in [0.25, 0.3) is 0 Å². The van der Waals surface area contributed by atoms with E-state index in [0.29, 0.717) is 11.6 Å². The number of H-pyrrole nitrogens is 1. The molecule has 2 amide bonds. The van der Waals surface area contributed by atoms with Crippen LogP contribution >= 0.6 is 11.6 Å². The zero-order valence-electron chi connectivity index (χ0n) is 14.0. The van der Waals surface area contributed by atoms with Gasteiger partial charge in [-0.15, -0.1) is 0 Å². The molecule has 0 radical (unpaired) electrons. The van der Waals surface area contributed by atoms with Crippen LogP contribution in [0, 0.1) is 6.92 Å². The van der Waals surface area contributed by atoms with Gasteiger partial charge in [0.15, 0.2) is 0 Å². The predicted octanol–water partition coefficient (Wildman–Crippen LogP) is 4.10. The fraction of sp³-hybridized carbons (Fsp3) is 0.250. The number of carbonyl (C=O) groups is 1. The van der Waals surface area contributed by atoms with Gasteiger partial charge in [0, 0.05) is 40.6 Å². The number of hydrogen-bond acceptors (Lipinski definition) is 1. The van der Waals surface area contributed by atoms with Crippen LogP contribution in [0.1, 0.15) is 22.4 Å². The van der Waals surface area contributed by atoms with Gasteiger partial charge in [-0.2, -0.15) is 0 Å². The molecule has 3 N–H and O–H groups in total. The van der Waals surface area contributed by atoms with Crippen molar-refractivity contribution < 1.29 is 4.79 Å². The first-order valence-electron chi connectivity index (χ1n) is 8.47. The van der Waals surface area contributed by atoms with Crippen molar-refractivity contribution in [3.63, 3.8) is 0 Å². The second-order valence-corrected chi connectivity index (χ2v) is 7.13. The van der Waals surface area contributed by atoms with Crippen molar-refractivity contribution in [1.29, 1.82) is 0 Å². The number of nitrogens with one attached hydrogen (secondary N) is 3. The van der Waals surface area contributed by atoms with Crippen LogP contribution in [0.2, 0.25) is 5.02 Å². The van der Waals surface area contributed by atoms with Gasteiger partial charge in [0.1, 0.15) is 0 Å². The lowest BCUT2D eigenvalue weighted by atomic mass is 10.1. The van der Waals surface area contributed by atoms with Gasteiger partial charge in [-0.3, -0.25) is 0 Å². The SMILES string of the molecule is Cc1ccc2[nH]c3c(c2c1)CC(NC(=O)NCc1ccc(Cl)cc1)C3. The summed E-state index contributed by atoms with van der Waals surface area (Å²) in [5.41, 5.74) is 6.04. The first kappa shape index (κ1) is 16.0. The average molecular weight is 354 g/mol. The molecule has 0 saturated carbocycles. The molecule has 25 heavy (non-hydrogen) atoms. The lowest BCUT2D eigenvalue weighted by molar-refractivity contribution is 0.237. The molecule has 1 unspecified atom stereocenters. The molecule has 4 rings (SSSR count). The number of amides is 2. The predicted molar refractivity (Wildman–Crippen MR) is 101 cm³/mol. The van der Waals surface area contributed by atoms with Gasteiger partial charge in [-0.05, 0) is 48.7 Å². The number of rotatable bonds is 3. The molecule has 1 heterocycles. The highest BCUT2D eigenvalue weighted by Gasteiger charge is 2.26. The topological polar surface area (TPSA) is 56.9 Å². The minimum Gasteiger partial charge on any atom is -0.358 e. The smallest absolute Gasteiger partial charge is 0.315 e. The summed E-state index contributed by atoms with van der Waals surface area (Å²) in [4.78, 5) is 15.7. The number of fused-ring (bicyclic) bond motifs is 3. The summed E-state index contributed by atoms with van der Waals surface area (Å²) in [6.07, 6.45) is 1.71. The van der Waals surface area contributed by atoms with E-state index in [1.165, 1.54) is 27.7 Å². The second-order valence-electron chi connectivity index (χ2n) is 6.69. The Bertz CT molecular complexity index is 930. The number of carbonyl (C=O) groups excluding carboxylic acids is 1. The average Bonchev–Trinajstić information content (AvgIpc) is 3.12. The molecule has 1 aromatic heterocycles. The molecule has 128 valence electrons. The summed E-state index contributed by atoms with van der Waals surface area (Å²) < 4.78 is 0. The minimum absolute atomic E-state index is 0.134. The Labute approximate surface area is 151 Å². The number of urea groups is 1. The third-order valence-electron chi connectivity index (χ3n) is 4.75. The van der Waals surface area contributed by atoms with Crippen LogP contribution in [0.15, 0.2) is 42.5 Å². The Morgan fingerprint density at radius 2 is 2.00 bits per heavy atom. The van der Waals surface area contributed by atoms with E-state index in [0.717, 1.165) is 18.4 Å². The molecular weight excluding hydrogens is 334 g/mol. The van der Waals surface area contributed by atoms with E-state index in [4.69, 9.17) is 11.6 Å². The molecule has 0 fully saturated rings. The van der Waals surface area contributed by atoms with Crippen LogP contribution in [0.4, 0.5) is 4.79 Å². The molecule has 0 bridgehead atoms. The largest absolute Gasteiger partial charge is 0.358 e. The summed E-state index contributed by atoms with van der Waals surface area (Å²) in [6, 6.07) is 13.9. The van der Waals surface area contributed by atoms with Gasteiger partial charge < -0.3 is 15.6 Å². The third-order valence-corrected chi connectivity index (χ3v) is 5.00. The Hall–Kier alpha value is -2.46. The molecule has 2 aromatic carbocycles.